The molecule has 1 atom stereocenters. The Morgan fingerprint density at radius 2 is 2.00 bits per heavy atom. The first-order valence-electron chi connectivity index (χ1n) is 12.9. The number of aryl methyl sites for hydroxylation is 1. The van der Waals surface area contributed by atoms with Crippen LogP contribution in [0, 0.1) is 12.7 Å². The number of fused-ring (bicyclic) bond motifs is 1. The molecule has 2 heterocycles. The van der Waals surface area contributed by atoms with Gasteiger partial charge in [-0.25, -0.2) is 9.18 Å². The van der Waals surface area contributed by atoms with Crippen molar-refractivity contribution in [3.63, 3.8) is 0 Å². The molecule has 1 aliphatic rings. The fraction of sp³-hybridized carbons (Fsp3) is 0.312. The van der Waals surface area contributed by atoms with Crippen LogP contribution < -0.4 is 4.74 Å². The monoisotopic (exact) mass is 513 g/mol. The average molecular weight is 514 g/mol. The molecule has 1 aliphatic heterocycles. The first kappa shape index (κ1) is 25.9. The molecular formula is C32H32FNO4. The van der Waals surface area contributed by atoms with Gasteiger partial charge in [0.25, 0.3) is 0 Å². The summed E-state index contributed by atoms with van der Waals surface area (Å²) < 4.78 is 33.5. The van der Waals surface area contributed by atoms with E-state index < -0.39 is 17.7 Å². The van der Waals surface area contributed by atoms with Crippen molar-refractivity contribution in [2.75, 3.05) is 13.2 Å². The Kier molecular flexibility index (Phi) is 6.70. The summed E-state index contributed by atoms with van der Waals surface area (Å²) in [4.78, 5) is 18.2. The van der Waals surface area contributed by atoms with Gasteiger partial charge < -0.3 is 14.2 Å². The third-order valence-corrected chi connectivity index (χ3v) is 6.83. The smallest absolute Gasteiger partial charge is 0.339 e. The van der Waals surface area contributed by atoms with Gasteiger partial charge in [0.15, 0.2) is 6.10 Å². The fourth-order valence-electron chi connectivity index (χ4n) is 5.29. The van der Waals surface area contributed by atoms with Gasteiger partial charge in [-0.2, -0.15) is 0 Å². The van der Waals surface area contributed by atoms with Crippen LogP contribution in [0.5, 0.6) is 5.75 Å². The number of carbonyl (C=O) groups is 1. The number of hydrogen-bond donors (Lipinski definition) is 0. The van der Waals surface area contributed by atoms with E-state index in [1.165, 1.54) is 6.08 Å². The lowest BCUT2D eigenvalue weighted by atomic mass is 9.85. The fourth-order valence-corrected chi connectivity index (χ4v) is 5.29. The van der Waals surface area contributed by atoms with Gasteiger partial charge in [-0.05, 0) is 81.0 Å². The molecule has 5 nitrogen and oxygen atoms in total. The lowest BCUT2D eigenvalue weighted by Crippen LogP contribution is -2.29. The van der Waals surface area contributed by atoms with Gasteiger partial charge >= 0.3 is 5.97 Å². The van der Waals surface area contributed by atoms with Crippen molar-refractivity contribution < 1.29 is 23.4 Å². The molecule has 0 aliphatic carbocycles. The number of rotatable bonds is 6. The van der Waals surface area contributed by atoms with Crippen molar-refractivity contribution in [2.24, 2.45) is 0 Å². The SMILES string of the molecule is C=Cc1ccc2c(-c3ccc4c5c(ccnc35)CCO4)c(C(OC(C)(C)C)C(=O)OCC)c(C)cc2c1F. The minimum absolute atomic E-state index is 0.210. The van der Waals surface area contributed by atoms with Crippen molar-refractivity contribution in [3.8, 4) is 16.9 Å². The second-order valence-corrected chi connectivity index (χ2v) is 10.5. The second kappa shape index (κ2) is 9.84. The maximum Gasteiger partial charge on any atom is 0.339 e. The van der Waals surface area contributed by atoms with E-state index in [-0.39, 0.29) is 12.4 Å². The van der Waals surface area contributed by atoms with Crippen molar-refractivity contribution in [1.82, 2.24) is 4.98 Å². The van der Waals surface area contributed by atoms with Crippen molar-refractivity contribution in [1.29, 1.82) is 0 Å². The lowest BCUT2D eigenvalue weighted by molar-refractivity contribution is -0.166. The van der Waals surface area contributed by atoms with Crippen molar-refractivity contribution in [3.05, 3.63) is 77.2 Å². The Labute approximate surface area is 222 Å². The number of aromatic nitrogens is 1. The molecule has 1 unspecified atom stereocenters. The zero-order valence-electron chi connectivity index (χ0n) is 22.5. The van der Waals surface area contributed by atoms with Crippen LogP contribution in [-0.4, -0.2) is 29.8 Å². The number of nitrogens with zero attached hydrogens (tertiary/aromatic N) is 1. The Morgan fingerprint density at radius 3 is 2.71 bits per heavy atom. The van der Waals surface area contributed by atoms with Crippen LogP contribution in [0.4, 0.5) is 4.39 Å². The maximum atomic E-state index is 15.7. The van der Waals surface area contributed by atoms with Crippen LogP contribution in [0.15, 0.2) is 49.2 Å². The van der Waals surface area contributed by atoms with Gasteiger partial charge in [0.05, 0.1) is 24.3 Å². The van der Waals surface area contributed by atoms with E-state index in [0.717, 1.165) is 34.2 Å². The molecule has 0 saturated heterocycles. The lowest BCUT2D eigenvalue weighted by Gasteiger charge is -2.30. The molecule has 0 saturated carbocycles. The molecule has 1 aromatic heterocycles. The molecule has 38 heavy (non-hydrogen) atoms. The molecule has 3 aromatic carbocycles. The third kappa shape index (κ3) is 4.43. The van der Waals surface area contributed by atoms with Gasteiger partial charge in [-0.1, -0.05) is 24.8 Å². The quantitative estimate of drug-likeness (QED) is 0.250. The van der Waals surface area contributed by atoms with Crippen LogP contribution in [0.25, 0.3) is 38.9 Å². The highest BCUT2D eigenvalue weighted by atomic mass is 19.1. The molecule has 5 rings (SSSR count). The first-order chi connectivity index (χ1) is 18.1. The number of esters is 1. The molecule has 4 aromatic rings. The maximum absolute atomic E-state index is 15.7. The van der Waals surface area contributed by atoms with Gasteiger partial charge in [-0.15, -0.1) is 0 Å². The Bertz CT molecular complexity index is 1570. The molecule has 0 radical (unpaired) electrons. The molecule has 0 bridgehead atoms. The van der Waals surface area contributed by atoms with Gasteiger partial charge in [0.2, 0.25) is 0 Å². The highest BCUT2D eigenvalue weighted by Crippen LogP contribution is 2.46. The van der Waals surface area contributed by atoms with Gasteiger partial charge in [0, 0.05) is 40.1 Å². The summed E-state index contributed by atoms with van der Waals surface area (Å²) in [7, 11) is 0. The van der Waals surface area contributed by atoms with Gasteiger partial charge in [-0.3, -0.25) is 4.98 Å². The number of benzene rings is 3. The highest BCUT2D eigenvalue weighted by molar-refractivity contribution is 6.09. The van der Waals surface area contributed by atoms with E-state index in [1.807, 2.05) is 52.0 Å². The molecule has 0 amide bonds. The zero-order valence-corrected chi connectivity index (χ0v) is 22.5. The van der Waals surface area contributed by atoms with E-state index in [9.17, 15) is 4.79 Å². The van der Waals surface area contributed by atoms with Crippen LogP contribution >= 0.6 is 0 Å². The average Bonchev–Trinajstić information content (AvgIpc) is 2.88. The highest BCUT2D eigenvalue weighted by Gasteiger charge is 2.34. The van der Waals surface area contributed by atoms with Gasteiger partial charge in [0.1, 0.15) is 11.6 Å². The van der Waals surface area contributed by atoms with E-state index >= 15 is 4.39 Å². The summed E-state index contributed by atoms with van der Waals surface area (Å²) in [6, 6.07) is 11.2. The summed E-state index contributed by atoms with van der Waals surface area (Å²) >= 11 is 0. The summed E-state index contributed by atoms with van der Waals surface area (Å²) in [6.45, 7) is 13.9. The summed E-state index contributed by atoms with van der Waals surface area (Å²) in [5, 5.41) is 2.03. The number of halogens is 1. The minimum Gasteiger partial charge on any atom is -0.493 e. The predicted octanol–water partition coefficient (Wildman–Crippen LogP) is 7.50. The van der Waals surface area contributed by atoms with E-state index in [0.29, 0.717) is 39.6 Å². The standard InChI is InChI=1S/C32H32FNO4/c1-7-19-9-10-21-23(28(19)33)17-18(3)25(30(31(35)36-8-2)38-32(4,5)6)27(21)22-11-12-24-26-20(14-16-37-24)13-15-34-29(22)26/h7,9-13,15,17,30H,1,8,14,16H2,2-6H3. The molecule has 0 fully saturated rings. The van der Waals surface area contributed by atoms with E-state index in [1.54, 1.807) is 25.3 Å². The largest absolute Gasteiger partial charge is 0.493 e. The number of pyridine rings is 1. The topological polar surface area (TPSA) is 57.7 Å². The first-order valence-corrected chi connectivity index (χ1v) is 12.9. The summed E-state index contributed by atoms with van der Waals surface area (Å²) in [6.07, 6.45) is 3.04. The van der Waals surface area contributed by atoms with Crippen molar-refractivity contribution >= 4 is 33.7 Å². The van der Waals surface area contributed by atoms with E-state index in [4.69, 9.17) is 19.2 Å². The number of ether oxygens (including phenoxy) is 3. The Balaban J connectivity index is 1.93. The zero-order chi connectivity index (χ0) is 27.2. The molecule has 196 valence electrons. The molecular weight excluding hydrogens is 481 g/mol. The second-order valence-electron chi connectivity index (χ2n) is 10.5. The molecule has 6 heteroatoms. The van der Waals surface area contributed by atoms with Crippen LogP contribution in [-0.2, 0) is 20.7 Å². The predicted molar refractivity (Wildman–Crippen MR) is 149 cm³/mol. The Hall–Kier alpha value is -3.77. The molecule has 0 spiro atoms. The number of carbonyl (C=O) groups excluding carboxylic acids is 1. The van der Waals surface area contributed by atoms with Crippen molar-refractivity contribution in [2.45, 2.75) is 52.7 Å². The van der Waals surface area contributed by atoms with Crippen LogP contribution in [0.3, 0.4) is 0 Å². The normalized spacial score (nSPS) is 13.8. The minimum atomic E-state index is -1.03. The van der Waals surface area contributed by atoms with Crippen LogP contribution in [0.2, 0.25) is 0 Å². The Morgan fingerprint density at radius 1 is 1.21 bits per heavy atom. The van der Waals surface area contributed by atoms with E-state index in [2.05, 4.69) is 6.58 Å². The third-order valence-electron chi connectivity index (χ3n) is 6.83. The summed E-state index contributed by atoms with van der Waals surface area (Å²) in [5.41, 5.74) is 4.45. The van der Waals surface area contributed by atoms with Crippen LogP contribution in [0.1, 0.15) is 56.1 Å². The number of hydrogen-bond acceptors (Lipinski definition) is 5. The molecule has 0 N–H and O–H groups in total. The summed E-state index contributed by atoms with van der Waals surface area (Å²) in [5.74, 6) is -0.0882.